The fourth-order valence-corrected chi connectivity index (χ4v) is 1.31. The molecule has 0 aliphatic rings. The number of rotatable bonds is 7. The summed E-state index contributed by atoms with van der Waals surface area (Å²) >= 11 is 0. The molecule has 0 saturated heterocycles. The first kappa shape index (κ1) is 12.0. The molecule has 0 bridgehead atoms. The summed E-state index contributed by atoms with van der Waals surface area (Å²) < 4.78 is 0. The van der Waals surface area contributed by atoms with E-state index < -0.39 is 0 Å². The maximum Gasteiger partial charge on any atom is 0.0512 e. The molecule has 0 aliphatic carbocycles. The summed E-state index contributed by atoms with van der Waals surface area (Å²) in [6.07, 6.45) is 7.34. The van der Waals surface area contributed by atoms with Crippen molar-refractivity contribution < 1.29 is 5.11 Å². The van der Waals surface area contributed by atoms with Gasteiger partial charge in [0.2, 0.25) is 0 Å². The van der Waals surface area contributed by atoms with E-state index in [4.69, 9.17) is 5.11 Å². The summed E-state index contributed by atoms with van der Waals surface area (Å²) in [6.45, 7) is 6.43. The molecule has 0 rings (SSSR count). The van der Waals surface area contributed by atoms with E-state index in [0.717, 1.165) is 12.3 Å². The van der Waals surface area contributed by atoms with E-state index in [0.29, 0.717) is 0 Å². The normalized spacial score (nSPS) is 16.0. The molecule has 0 radical (unpaired) electrons. The van der Waals surface area contributed by atoms with Gasteiger partial charge in [0.25, 0.3) is 0 Å². The molecule has 1 N–H and O–H groups in total. The van der Waals surface area contributed by atoms with Crippen LogP contribution in [0.25, 0.3) is 0 Å². The van der Waals surface area contributed by atoms with Gasteiger partial charge < -0.3 is 5.11 Å². The van der Waals surface area contributed by atoms with E-state index in [1.807, 2.05) is 6.92 Å². The van der Waals surface area contributed by atoms with Gasteiger partial charge in [-0.05, 0) is 19.3 Å². The third-order valence-electron chi connectivity index (χ3n) is 2.52. The Bertz CT molecular complexity index is 89.0. The van der Waals surface area contributed by atoms with E-state index in [1.165, 1.54) is 32.1 Å². The van der Waals surface area contributed by atoms with Gasteiger partial charge in [-0.25, -0.2) is 0 Å². The zero-order chi connectivity index (χ0) is 9.40. The third kappa shape index (κ3) is 8.06. The molecule has 1 nitrogen and oxygen atoms in total. The topological polar surface area (TPSA) is 20.2 Å². The lowest BCUT2D eigenvalue weighted by atomic mass is 10.00. The van der Waals surface area contributed by atoms with Crippen molar-refractivity contribution in [3.63, 3.8) is 0 Å². The SMILES string of the molecule is CC[C@@H](C)CCCCCC(C)O. The van der Waals surface area contributed by atoms with Crippen molar-refractivity contribution in [2.75, 3.05) is 0 Å². The van der Waals surface area contributed by atoms with Crippen molar-refractivity contribution in [2.45, 2.75) is 65.4 Å². The van der Waals surface area contributed by atoms with Crippen LogP contribution in [0.3, 0.4) is 0 Å². The third-order valence-corrected chi connectivity index (χ3v) is 2.52. The molecule has 0 spiro atoms. The van der Waals surface area contributed by atoms with Crippen LogP contribution in [0.15, 0.2) is 0 Å². The fourth-order valence-electron chi connectivity index (χ4n) is 1.31. The van der Waals surface area contributed by atoms with Crippen molar-refractivity contribution in [2.24, 2.45) is 5.92 Å². The highest BCUT2D eigenvalue weighted by molar-refractivity contribution is 4.52. The summed E-state index contributed by atoms with van der Waals surface area (Å²) in [5, 5.41) is 9.01. The maximum atomic E-state index is 9.01. The number of unbranched alkanes of at least 4 members (excludes halogenated alkanes) is 2. The average Bonchev–Trinajstić information content (AvgIpc) is 2.03. The molecule has 0 aromatic heterocycles. The quantitative estimate of drug-likeness (QED) is 0.584. The molecular formula is C11H24O. The smallest absolute Gasteiger partial charge is 0.0512 e. The molecule has 1 unspecified atom stereocenters. The first-order valence-corrected chi connectivity index (χ1v) is 5.34. The van der Waals surface area contributed by atoms with Gasteiger partial charge in [0.15, 0.2) is 0 Å². The lowest BCUT2D eigenvalue weighted by molar-refractivity contribution is 0.180. The largest absolute Gasteiger partial charge is 0.393 e. The van der Waals surface area contributed by atoms with Crippen molar-refractivity contribution in [1.82, 2.24) is 0 Å². The average molecular weight is 172 g/mol. The highest BCUT2D eigenvalue weighted by Gasteiger charge is 1.99. The molecule has 2 atom stereocenters. The van der Waals surface area contributed by atoms with Crippen molar-refractivity contribution in [3.8, 4) is 0 Å². The van der Waals surface area contributed by atoms with Gasteiger partial charge in [-0.1, -0.05) is 46.0 Å². The predicted octanol–water partition coefficient (Wildman–Crippen LogP) is 3.36. The summed E-state index contributed by atoms with van der Waals surface area (Å²) in [6, 6.07) is 0. The van der Waals surface area contributed by atoms with Crippen molar-refractivity contribution in [3.05, 3.63) is 0 Å². The van der Waals surface area contributed by atoms with Gasteiger partial charge in [-0.3, -0.25) is 0 Å². The number of aliphatic hydroxyl groups is 1. The van der Waals surface area contributed by atoms with Crippen LogP contribution in [0.1, 0.15) is 59.3 Å². The summed E-state index contributed by atoms with van der Waals surface area (Å²) in [5.41, 5.74) is 0. The van der Waals surface area contributed by atoms with Crippen LogP contribution in [0.2, 0.25) is 0 Å². The molecule has 12 heavy (non-hydrogen) atoms. The highest BCUT2D eigenvalue weighted by Crippen LogP contribution is 2.13. The molecule has 0 amide bonds. The van der Waals surface area contributed by atoms with Crippen molar-refractivity contribution in [1.29, 1.82) is 0 Å². The molecule has 0 fully saturated rings. The Morgan fingerprint density at radius 3 is 2.08 bits per heavy atom. The lowest BCUT2D eigenvalue weighted by Gasteiger charge is -2.07. The number of hydrogen-bond donors (Lipinski definition) is 1. The van der Waals surface area contributed by atoms with Crippen LogP contribution in [0.5, 0.6) is 0 Å². The Kier molecular flexibility index (Phi) is 7.58. The molecule has 74 valence electrons. The Morgan fingerprint density at radius 2 is 1.58 bits per heavy atom. The van der Waals surface area contributed by atoms with Crippen molar-refractivity contribution >= 4 is 0 Å². The van der Waals surface area contributed by atoms with Crippen LogP contribution >= 0.6 is 0 Å². The van der Waals surface area contributed by atoms with E-state index in [9.17, 15) is 0 Å². The second-order valence-corrected chi connectivity index (χ2v) is 4.00. The Morgan fingerprint density at radius 1 is 1.00 bits per heavy atom. The highest BCUT2D eigenvalue weighted by atomic mass is 16.3. The van der Waals surface area contributed by atoms with Crippen LogP contribution in [0, 0.1) is 5.92 Å². The van der Waals surface area contributed by atoms with E-state index in [2.05, 4.69) is 13.8 Å². The maximum absolute atomic E-state index is 9.01. The number of aliphatic hydroxyl groups excluding tert-OH is 1. The van der Waals surface area contributed by atoms with Gasteiger partial charge in [-0.2, -0.15) is 0 Å². The lowest BCUT2D eigenvalue weighted by Crippen LogP contribution is -1.98. The first-order chi connectivity index (χ1) is 5.66. The number of hydrogen-bond acceptors (Lipinski definition) is 1. The van der Waals surface area contributed by atoms with Gasteiger partial charge in [0.05, 0.1) is 6.10 Å². The van der Waals surface area contributed by atoms with Crippen LogP contribution in [-0.4, -0.2) is 11.2 Å². The molecule has 0 heterocycles. The molecule has 0 aliphatic heterocycles. The van der Waals surface area contributed by atoms with Crippen LogP contribution in [-0.2, 0) is 0 Å². The van der Waals surface area contributed by atoms with Gasteiger partial charge in [0, 0.05) is 0 Å². The van der Waals surface area contributed by atoms with E-state index >= 15 is 0 Å². The van der Waals surface area contributed by atoms with E-state index in [-0.39, 0.29) is 6.10 Å². The zero-order valence-corrected chi connectivity index (χ0v) is 8.84. The first-order valence-electron chi connectivity index (χ1n) is 5.34. The van der Waals surface area contributed by atoms with Gasteiger partial charge in [-0.15, -0.1) is 0 Å². The standard InChI is InChI=1S/C11H24O/c1-4-10(2)8-6-5-7-9-11(3)12/h10-12H,4-9H2,1-3H3/t10-,11?/m1/s1. The minimum Gasteiger partial charge on any atom is -0.393 e. The Hall–Kier alpha value is -0.0400. The zero-order valence-electron chi connectivity index (χ0n) is 8.84. The molecule has 0 aromatic carbocycles. The predicted molar refractivity (Wildman–Crippen MR) is 54.2 cm³/mol. The van der Waals surface area contributed by atoms with E-state index in [1.54, 1.807) is 0 Å². The fraction of sp³-hybridized carbons (Fsp3) is 1.00. The molecule has 0 aromatic rings. The molecular weight excluding hydrogens is 148 g/mol. The second kappa shape index (κ2) is 7.60. The summed E-state index contributed by atoms with van der Waals surface area (Å²) in [5.74, 6) is 0.886. The Balaban J connectivity index is 3.00. The minimum absolute atomic E-state index is 0.103. The molecule has 1 heteroatoms. The summed E-state index contributed by atoms with van der Waals surface area (Å²) in [7, 11) is 0. The van der Waals surface area contributed by atoms with Gasteiger partial charge >= 0.3 is 0 Å². The van der Waals surface area contributed by atoms with Crippen LogP contribution in [0.4, 0.5) is 0 Å². The Labute approximate surface area is 77.2 Å². The van der Waals surface area contributed by atoms with Crippen LogP contribution < -0.4 is 0 Å². The minimum atomic E-state index is -0.103. The van der Waals surface area contributed by atoms with Gasteiger partial charge in [0.1, 0.15) is 0 Å². The summed E-state index contributed by atoms with van der Waals surface area (Å²) in [4.78, 5) is 0. The monoisotopic (exact) mass is 172 g/mol. The second-order valence-electron chi connectivity index (χ2n) is 4.00. The molecule has 0 saturated carbocycles.